The first-order valence-electron chi connectivity index (χ1n) is 6.33. The number of fused-ring (bicyclic) bond motifs is 1. The van der Waals surface area contributed by atoms with Crippen LogP contribution in [-0.2, 0) is 16.0 Å². The highest BCUT2D eigenvalue weighted by Gasteiger charge is 2.34. The number of amides is 1. The van der Waals surface area contributed by atoms with Crippen molar-refractivity contribution in [3.05, 3.63) is 21.9 Å². The zero-order valence-corrected chi connectivity index (χ0v) is 12.1. The fraction of sp³-hybridized carbons (Fsp3) is 0.615. The molecule has 0 aliphatic carbocycles. The third kappa shape index (κ3) is 2.19. The number of rotatable bonds is 1. The predicted molar refractivity (Wildman–Crippen MR) is 75.2 cm³/mol. The van der Waals surface area contributed by atoms with Gasteiger partial charge in [-0.25, -0.2) is 0 Å². The Labute approximate surface area is 116 Å². The monoisotopic (exact) mass is 283 g/mol. The van der Waals surface area contributed by atoms with Gasteiger partial charge in [0, 0.05) is 11.4 Å². The second kappa shape index (κ2) is 5.23. The third-order valence-corrected chi connectivity index (χ3v) is 5.78. The van der Waals surface area contributed by atoms with Gasteiger partial charge >= 0.3 is 0 Å². The van der Waals surface area contributed by atoms with Crippen LogP contribution in [0.3, 0.4) is 0 Å². The quantitative estimate of drug-likeness (QED) is 0.792. The molecule has 0 aromatic carbocycles. The van der Waals surface area contributed by atoms with E-state index in [9.17, 15) is 4.79 Å². The molecule has 1 aromatic rings. The minimum absolute atomic E-state index is 0.0144. The van der Waals surface area contributed by atoms with E-state index in [0.29, 0.717) is 13.2 Å². The summed E-state index contributed by atoms with van der Waals surface area (Å²) in [4.78, 5) is 16.1. The molecule has 2 aliphatic rings. The van der Waals surface area contributed by atoms with Crippen molar-refractivity contribution in [2.24, 2.45) is 0 Å². The molecule has 1 fully saturated rings. The van der Waals surface area contributed by atoms with Gasteiger partial charge < -0.3 is 9.64 Å². The number of morpholine rings is 1. The van der Waals surface area contributed by atoms with E-state index in [1.165, 1.54) is 10.4 Å². The Balaban J connectivity index is 1.81. The molecule has 1 amide bonds. The normalized spacial score (nSPS) is 27.9. The molecule has 18 heavy (non-hydrogen) atoms. The molecule has 98 valence electrons. The molecule has 2 atom stereocenters. The number of carbonyl (C=O) groups is 1. The van der Waals surface area contributed by atoms with Crippen molar-refractivity contribution in [2.45, 2.75) is 24.6 Å². The summed E-state index contributed by atoms with van der Waals surface area (Å²) in [5.74, 6) is 1.33. The van der Waals surface area contributed by atoms with Crippen LogP contribution in [0.4, 0.5) is 0 Å². The molecular weight excluding hydrogens is 266 g/mol. The average molecular weight is 283 g/mol. The van der Waals surface area contributed by atoms with E-state index < -0.39 is 0 Å². The molecule has 3 rings (SSSR count). The molecule has 0 radical (unpaired) electrons. The van der Waals surface area contributed by atoms with Crippen LogP contribution in [-0.4, -0.2) is 42.4 Å². The molecule has 0 N–H and O–H groups in total. The largest absolute Gasteiger partial charge is 0.377 e. The SMILES string of the molecule is CC1COCCN1C(=O)C1SCCc2sccc21. The van der Waals surface area contributed by atoms with Gasteiger partial charge in [-0.15, -0.1) is 23.1 Å². The summed E-state index contributed by atoms with van der Waals surface area (Å²) in [5.41, 5.74) is 1.25. The Morgan fingerprint density at radius 2 is 2.44 bits per heavy atom. The molecule has 1 saturated heterocycles. The van der Waals surface area contributed by atoms with Gasteiger partial charge in [0.15, 0.2) is 0 Å². The van der Waals surface area contributed by atoms with E-state index in [-0.39, 0.29) is 17.2 Å². The topological polar surface area (TPSA) is 29.5 Å². The average Bonchev–Trinajstić information content (AvgIpc) is 2.86. The molecule has 1 aromatic heterocycles. The molecule has 5 heteroatoms. The number of ether oxygens (including phenoxy) is 1. The van der Waals surface area contributed by atoms with Crippen molar-refractivity contribution >= 4 is 29.0 Å². The fourth-order valence-electron chi connectivity index (χ4n) is 2.56. The lowest BCUT2D eigenvalue weighted by Crippen LogP contribution is -2.48. The minimum Gasteiger partial charge on any atom is -0.377 e. The lowest BCUT2D eigenvalue weighted by Gasteiger charge is -2.36. The van der Waals surface area contributed by atoms with Gasteiger partial charge in [0.2, 0.25) is 5.91 Å². The minimum atomic E-state index is 0.0144. The predicted octanol–water partition coefficient (Wildman–Crippen LogP) is 2.33. The van der Waals surface area contributed by atoms with Crippen molar-refractivity contribution in [1.29, 1.82) is 0 Å². The molecular formula is C13H17NO2S2. The Bertz CT molecular complexity index is 446. The van der Waals surface area contributed by atoms with Crippen LogP contribution >= 0.6 is 23.1 Å². The zero-order chi connectivity index (χ0) is 12.5. The first kappa shape index (κ1) is 12.5. The van der Waals surface area contributed by atoms with E-state index in [1.54, 1.807) is 23.1 Å². The van der Waals surface area contributed by atoms with Crippen molar-refractivity contribution in [3.63, 3.8) is 0 Å². The molecule has 0 bridgehead atoms. The van der Waals surface area contributed by atoms with Crippen molar-refractivity contribution < 1.29 is 9.53 Å². The van der Waals surface area contributed by atoms with Gasteiger partial charge in [-0.05, 0) is 36.1 Å². The summed E-state index contributed by atoms with van der Waals surface area (Å²) in [6, 6.07) is 2.33. The van der Waals surface area contributed by atoms with Gasteiger partial charge in [-0.1, -0.05) is 0 Å². The van der Waals surface area contributed by atoms with E-state index in [1.807, 2.05) is 4.90 Å². The van der Waals surface area contributed by atoms with E-state index in [2.05, 4.69) is 18.4 Å². The van der Waals surface area contributed by atoms with Crippen LogP contribution in [0.15, 0.2) is 11.4 Å². The number of nitrogens with zero attached hydrogens (tertiary/aromatic N) is 1. The number of carbonyl (C=O) groups excluding carboxylic acids is 1. The van der Waals surface area contributed by atoms with Crippen LogP contribution in [0.1, 0.15) is 22.6 Å². The number of thiophene rings is 1. The molecule has 3 nitrogen and oxygen atoms in total. The maximum atomic E-state index is 12.7. The first-order valence-corrected chi connectivity index (χ1v) is 8.26. The Morgan fingerprint density at radius 1 is 1.56 bits per heavy atom. The Morgan fingerprint density at radius 3 is 3.28 bits per heavy atom. The van der Waals surface area contributed by atoms with E-state index >= 15 is 0 Å². The molecule has 3 heterocycles. The summed E-state index contributed by atoms with van der Waals surface area (Å²) < 4.78 is 5.41. The maximum Gasteiger partial charge on any atom is 0.240 e. The van der Waals surface area contributed by atoms with Crippen molar-refractivity contribution in [3.8, 4) is 0 Å². The second-order valence-electron chi connectivity index (χ2n) is 4.76. The summed E-state index contributed by atoms with van der Waals surface area (Å²) >= 11 is 3.57. The summed E-state index contributed by atoms with van der Waals surface area (Å²) in [7, 11) is 0. The zero-order valence-electron chi connectivity index (χ0n) is 10.4. The number of aryl methyl sites for hydroxylation is 1. The smallest absolute Gasteiger partial charge is 0.240 e. The fourth-order valence-corrected chi connectivity index (χ4v) is 4.92. The highest BCUT2D eigenvalue weighted by Crippen LogP contribution is 2.40. The number of hydrogen-bond donors (Lipinski definition) is 0. The van der Waals surface area contributed by atoms with Gasteiger partial charge in [-0.2, -0.15) is 0 Å². The van der Waals surface area contributed by atoms with E-state index in [0.717, 1.165) is 18.7 Å². The third-order valence-electron chi connectivity index (χ3n) is 3.55. The molecule has 0 saturated carbocycles. The highest BCUT2D eigenvalue weighted by molar-refractivity contribution is 8.00. The number of hydrogen-bond acceptors (Lipinski definition) is 4. The van der Waals surface area contributed by atoms with Crippen LogP contribution in [0, 0.1) is 0 Å². The Kier molecular flexibility index (Phi) is 3.63. The van der Waals surface area contributed by atoms with Crippen LogP contribution in [0.2, 0.25) is 0 Å². The van der Waals surface area contributed by atoms with Crippen molar-refractivity contribution in [1.82, 2.24) is 4.90 Å². The maximum absolute atomic E-state index is 12.7. The van der Waals surface area contributed by atoms with E-state index in [4.69, 9.17) is 4.74 Å². The molecule has 2 aliphatic heterocycles. The van der Waals surface area contributed by atoms with Gasteiger partial charge in [-0.3, -0.25) is 4.79 Å². The van der Waals surface area contributed by atoms with Crippen LogP contribution < -0.4 is 0 Å². The Hall–Kier alpha value is -0.520. The summed E-state index contributed by atoms with van der Waals surface area (Å²) in [5, 5.41) is 2.13. The standard InChI is InChI=1S/C13H17NO2S2/c1-9-8-16-5-4-14(9)13(15)12-10-2-6-17-11(10)3-7-18-12/h2,6,9,12H,3-5,7-8H2,1H3. The van der Waals surface area contributed by atoms with Gasteiger partial charge in [0.25, 0.3) is 0 Å². The van der Waals surface area contributed by atoms with Crippen LogP contribution in [0.25, 0.3) is 0 Å². The number of thioether (sulfide) groups is 1. The summed E-state index contributed by atoms with van der Waals surface area (Å²) in [6.07, 6.45) is 1.11. The first-order chi connectivity index (χ1) is 8.77. The molecule has 0 spiro atoms. The lowest BCUT2D eigenvalue weighted by atomic mass is 10.1. The van der Waals surface area contributed by atoms with Gasteiger partial charge in [0.05, 0.1) is 19.3 Å². The van der Waals surface area contributed by atoms with Crippen molar-refractivity contribution in [2.75, 3.05) is 25.5 Å². The van der Waals surface area contributed by atoms with Gasteiger partial charge in [0.1, 0.15) is 5.25 Å². The summed E-state index contributed by atoms with van der Waals surface area (Å²) in [6.45, 7) is 4.14. The highest BCUT2D eigenvalue weighted by atomic mass is 32.2. The van der Waals surface area contributed by atoms with Crippen LogP contribution in [0.5, 0.6) is 0 Å². The molecule has 2 unspecified atom stereocenters. The second-order valence-corrected chi connectivity index (χ2v) is 6.97. The lowest BCUT2D eigenvalue weighted by molar-refractivity contribution is -0.138.